The molecule has 6 rings (SSSR count). The number of fused-ring (bicyclic) bond motifs is 5. The molecule has 1 saturated carbocycles. The number of nitrogens with zero attached hydrogens (tertiary/aromatic N) is 1. The first kappa shape index (κ1) is 20.4. The Hall–Kier alpha value is -2.16. The molecule has 0 bridgehead atoms. The van der Waals surface area contributed by atoms with Crippen molar-refractivity contribution < 1.29 is 18.7 Å². The summed E-state index contributed by atoms with van der Waals surface area (Å²) in [6.45, 7) is 1.44. The van der Waals surface area contributed by atoms with Gasteiger partial charge in [0.15, 0.2) is 0 Å². The highest BCUT2D eigenvalue weighted by Crippen LogP contribution is 2.53. The Balaban J connectivity index is 1.53. The minimum atomic E-state index is -0.511. The molecule has 0 spiro atoms. The van der Waals surface area contributed by atoms with E-state index in [1.54, 1.807) is 17.4 Å². The summed E-state index contributed by atoms with van der Waals surface area (Å²) in [5, 5.41) is 0.994. The van der Waals surface area contributed by atoms with Crippen molar-refractivity contribution in [1.82, 2.24) is 4.57 Å². The third kappa shape index (κ3) is 3.15. The molecule has 0 saturated heterocycles. The maximum atomic E-state index is 15.1. The summed E-state index contributed by atoms with van der Waals surface area (Å²) < 4.78 is 30.7. The summed E-state index contributed by atoms with van der Waals surface area (Å²) in [6.07, 6.45) is 1.19. The Morgan fingerprint density at radius 1 is 1.16 bits per heavy atom. The molecular weight excluding hydrogens is 561 g/mol. The molecule has 2 aliphatic rings. The minimum Gasteiger partial charge on any atom is -0.464 e. The van der Waals surface area contributed by atoms with Crippen molar-refractivity contribution in [3.8, 4) is 17.0 Å². The van der Waals surface area contributed by atoms with Crippen molar-refractivity contribution >= 4 is 60.1 Å². The largest absolute Gasteiger partial charge is 0.464 e. The van der Waals surface area contributed by atoms with Crippen LogP contribution in [-0.2, 0) is 15.1 Å². The number of carbonyl (C=O) groups is 1. The van der Waals surface area contributed by atoms with Gasteiger partial charge in [0, 0.05) is 26.1 Å². The monoisotopic (exact) mass is 575 g/mol. The van der Waals surface area contributed by atoms with Crippen LogP contribution in [0.4, 0.5) is 4.39 Å². The molecule has 2 aromatic carbocycles. The van der Waals surface area contributed by atoms with Crippen LogP contribution in [0.15, 0.2) is 57.5 Å². The maximum Gasteiger partial charge on any atom is 0.303 e. The second-order valence-corrected chi connectivity index (χ2v) is 11.1. The molecule has 0 amide bonds. The summed E-state index contributed by atoms with van der Waals surface area (Å²) in [6, 6.07) is 15.3. The number of rotatable bonds is 3. The molecule has 32 heavy (non-hydrogen) atoms. The standard InChI is InChI=1S/C24H16Br2FNO3S/c1-12(29)31-24(6-7-24)21-5-4-20(32-21)23-28-17-3-2-14(25)8-13(17)9-18(28)22-16(27)10-15(26)11-19(22)30-23/h2-5,8-11,23H,6-7H2,1H3. The van der Waals surface area contributed by atoms with Crippen LogP contribution in [0.3, 0.4) is 0 Å². The molecule has 0 radical (unpaired) electrons. The average molecular weight is 577 g/mol. The number of thiophene rings is 1. The first-order valence-electron chi connectivity index (χ1n) is 10.1. The zero-order valence-electron chi connectivity index (χ0n) is 16.8. The number of hydrogen-bond acceptors (Lipinski definition) is 4. The normalized spacial score (nSPS) is 18.1. The maximum absolute atomic E-state index is 15.1. The average Bonchev–Trinajstić information content (AvgIpc) is 3.17. The van der Waals surface area contributed by atoms with E-state index in [2.05, 4.69) is 31.9 Å². The lowest BCUT2D eigenvalue weighted by Gasteiger charge is -2.29. The molecule has 162 valence electrons. The SMILES string of the molecule is CC(=O)OC1(c2ccc(C3Oc4cc(Br)cc(F)c4-c4cc5cc(Br)ccc5n43)s2)CC1. The third-order valence-corrected chi connectivity index (χ3v) is 8.16. The molecular formula is C24H16Br2FNO3S. The number of benzene rings is 2. The smallest absolute Gasteiger partial charge is 0.303 e. The zero-order valence-corrected chi connectivity index (χ0v) is 20.8. The minimum absolute atomic E-state index is 0.273. The van der Waals surface area contributed by atoms with E-state index in [9.17, 15) is 4.79 Å². The van der Waals surface area contributed by atoms with Crippen molar-refractivity contribution in [3.63, 3.8) is 0 Å². The van der Waals surface area contributed by atoms with Gasteiger partial charge in [-0.05, 0) is 61.4 Å². The van der Waals surface area contributed by atoms with Crippen LogP contribution in [0.2, 0.25) is 0 Å². The van der Waals surface area contributed by atoms with E-state index >= 15 is 4.39 Å². The number of carbonyl (C=O) groups excluding carboxylic acids is 1. The Bertz CT molecular complexity index is 1420. The van der Waals surface area contributed by atoms with Gasteiger partial charge in [-0.1, -0.05) is 31.9 Å². The summed E-state index contributed by atoms with van der Waals surface area (Å²) in [4.78, 5) is 13.6. The van der Waals surface area contributed by atoms with Crippen LogP contribution < -0.4 is 4.74 Å². The van der Waals surface area contributed by atoms with Gasteiger partial charge in [0.2, 0.25) is 6.23 Å². The lowest BCUT2D eigenvalue weighted by molar-refractivity contribution is -0.148. The van der Waals surface area contributed by atoms with E-state index < -0.39 is 11.8 Å². The third-order valence-electron chi connectivity index (χ3n) is 5.91. The summed E-state index contributed by atoms with van der Waals surface area (Å²) in [5.74, 6) is -0.119. The van der Waals surface area contributed by atoms with Crippen LogP contribution in [0.25, 0.3) is 22.2 Å². The zero-order chi connectivity index (χ0) is 22.2. The van der Waals surface area contributed by atoms with Gasteiger partial charge in [0.1, 0.15) is 17.2 Å². The number of halogens is 3. The van der Waals surface area contributed by atoms with Crippen molar-refractivity contribution in [2.24, 2.45) is 0 Å². The molecule has 1 atom stereocenters. The lowest BCUT2D eigenvalue weighted by atomic mass is 10.1. The van der Waals surface area contributed by atoms with E-state index in [-0.39, 0.29) is 11.8 Å². The predicted molar refractivity (Wildman–Crippen MR) is 128 cm³/mol. The quantitative estimate of drug-likeness (QED) is 0.237. The van der Waals surface area contributed by atoms with Gasteiger partial charge in [-0.15, -0.1) is 11.3 Å². The Morgan fingerprint density at radius 3 is 2.72 bits per heavy atom. The van der Waals surface area contributed by atoms with E-state index in [1.807, 2.05) is 41.0 Å². The first-order valence-corrected chi connectivity index (χ1v) is 12.5. The summed E-state index contributed by atoms with van der Waals surface area (Å²) >= 11 is 8.49. The number of hydrogen-bond donors (Lipinski definition) is 0. The summed E-state index contributed by atoms with van der Waals surface area (Å²) in [7, 11) is 0. The van der Waals surface area contributed by atoms with Gasteiger partial charge in [0.05, 0.1) is 21.7 Å². The predicted octanol–water partition coefficient (Wildman–Crippen LogP) is 7.53. The first-order chi connectivity index (χ1) is 15.3. The van der Waals surface area contributed by atoms with Crippen LogP contribution in [0.5, 0.6) is 5.75 Å². The van der Waals surface area contributed by atoms with Gasteiger partial charge < -0.3 is 9.47 Å². The van der Waals surface area contributed by atoms with E-state index in [1.165, 1.54) is 13.0 Å². The van der Waals surface area contributed by atoms with Crippen molar-refractivity contribution in [2.45, 2.75) is 31.6 Å². The van der Waals surface area contributed by atoms with Gasteiger partial charge in [-0.2, -0.15) is 0 Å². The fraction of sp³-hybridized carbons (Fsp3) is 0.208. The van der Waals surface area contributed by atoms with Crippen molar-refractivity contribution in [3.05, 3.63) is 73.0 Å². The van der Waals surface area contributed by atoms with Gasteiger partial charge >= 0.3 is 5.97 Å². The topological polar surface area (TPSA) is 40.5 Å². The second kappa shape index (κ2) is 7.17. The highest BCUT2D eigenvalue weighted by Gasteiger charge is 2.49. The van der Waals surface area contributed by atoms with E-state index in [4.69, 9.17) is 9.47 Å². The van der Waals surface area contributed by atoms with Crippen molar-refractivity contribution in [2.75, 3.05) is 0 Å². The molecule has 1 aliphatic carbocycles. The fourth-order valence-corrected chi connectivity index (χ4v) is 6.42. The Morgan fingerprint density at radius 2 is 1.97 bits per heavy atom. The van der Waals surface area contributed by atoms with Crippen molar-refractivity contribution in [1.29, 1.82) is 0 Å². The molecule has 0 N–H and O–H groups in total. The lowest BCUT2D eigenvalue weighted by Crippen LogP contribution is -2.22. The highest BCUT2D eigenvalue weighted by atomic mass is 79.9. The molecule has 4 aromatic rings. The van der Waals surface area contributed by atoms with Crippen LogP contribution in [0, 0.1) is 5.82 Å². The highest BCUT2D eigenvalue weighted by molar-refractivity contribution is 9.10. The second-order valence-electron chi connectivity index (χ2n) is 8.12. The molecule has 8 heteroatoms. The van der Waals surface area contributed by atoms with Gasteiger partial charge in [-0.25, -0.2) is 4.39 Å². The molecule has 4 nitrogen and oxygen atoms in total. The molecule has 1 fully saturated rings. The number of esters is 1. The molecule has 3 heterocycles. The van der Waals surface area contributed by atoms with Crippen LogP contribution >= 0.6 is 43.2 Å². The van der Waals surface area contributed by atoms with Gasteiger partial charge in [0.25, 0.3) is 0 Å². The number of ether oxygens (including phenoxy) is 2. The molecule has 1 unspecified atom stereocenters. The van der Waals surface area contributed by atoms with E-state index in [0.29, 0.717) is 15.8 Å². The van der Waals surface area contributed by atoms with Gasteiger partial charge in [-0.3, -0.25) is 9.36 Å². The summed E-state index contributed by atoms with van der Waals surface area (Å²) in [5.41, 5.74) is 1.66. The molecule has 2 aromatic heterocycles. The number of aromatic nitrogens is 1. The fourth-order valence-electron chi connectivity index (χ4n) is 4.42. The van der Waals surface area contributed by atoms with Crippen LogP contribution in [0.1, 0.15) is 35.7 Å². The molecule has 1 aliphatic heterocycles. The Kier molecular flexibility index (Phi) is 4.58. The Labute approximate surface area is 204 Å². The van der Waals surface area contributed by atoms with Crippen LogP contribution in [-0.4, -0.2) is 10.5 Å². The van der Waals surface area contributed by atoms with E-state index in [0.717, 1.165) is 43.7 Å².